The molecule has 0 fully saturated rings. The maximum Gasteiger partial charge on any atom is 0.209 e. The number of aromatic nitrogens is 2. The molecule has 2 aromatic heterocycles. The summed E-state index contributed by atoms with van der Waals surface area (Å²) in [6.45, 7) is 2.14. The molecule has 120 valence electrons. The number of rotatable bonds is 1. The number of anilines is 1. The minimum absolute atomic E-state index is 0.0661. The predicted octanol–water partition coefficient (Wildman–Crippen LogP) is 4.37. The Balaban J connectivity index is 1.81. The van der Waals surface area contributed by atoms with Gasteiger partial charge in [-0.25, -0.2) is 4.98 Å². The Kier molecular flexibility index (Phi) is 2.94. The number of allylic oxidation sites excluding steroid dienone is 2. The normalized spacial score (nSPS) is 23.1. The highest BCUT2D eigenvalue weighted by molar-refractivity contribution is 7.10. The molecule has 0 amide bonds. The number of ketones is 1. The van der Waals surface area contributed by atoms with Crippen molar-refractivity contribution in [2.45, 2.75) is 25.8 Å². The molecule has 1 N–H and O–H groups in total. The van der Waals surface area contributed by atoms with Crippen LogP contribution in [0.3, 0.4) is 0 Å². The van der Waals surface area contributed by atoms with Crippen molar-refractivity contribution in [3.05, 3.63) is 57.9 Å². The van der Waals surface area contributed by atoms with Crippen LogP contribution >= 0.6 is 11.3 Å². The van der Waals surface area contributed by atoms with Gasteiger partial charge < -0.3 is 5.32 Å². The Morgan fingerprint density at radius 3 is 2.92 bits per heavy atom. The van der Waals surface area contributed by atoms with E-state index in [1.54, 1.807) is 11.3 Å². The van der Waals surface area contributed by atoms with E-state index in [9.17, 15) is 4.79 Å². The summed E-state index contributed by atoms with van der Waals surface area (Å²) in [7, 11) is 0. The van der Waals surface area contributed by atoms with Crippen LogP contribution in [0.15, 0.2) is 53.0 Å². The summed E-state index contributed by atoms with van der Waals surface area (Å²) < 4.78 is 2.19. The maximum absolute atomic E-state index is 12.9. The van der Waals surface area contributed by atoms with E-state index in [1.807, 2.05) is 18.2 Å². The molecule has 2 atom stereocenters. The van der Waals surface area contributed by atoms with Gasteiger partial charge in [0.25, 0.3) is 0 Å². The maximum atomic E-state index is 12.9. The number of imidazole rings is 1. The van der Waals surface area contributed by atoms with Crippen molar-refractivity contribution in [2.75, 3.05) is 5.32 Å². The largest absolute Gasteiger partial charge is 0.329 e. The second kappa shape index (κ2) is 5.05. The van der Waals surface area contributed by atoms with Gasteiger partial charge in [0.2, 0.25) is 5.95 Å². The summed E-state index contributed by atoms with van der Waals surface area (Å²) in [5.74, 6) is 1.48. The van der Waals surface area contributed by atoms with Crippen molar-refractivity contribution in [3.8, 4) is 0 Å². The fourth-order valence-electron chi connectivity index (χ4n) is 3.94. The van der Waals surface area contributed by atoms with E-state index in [0.717, 1.165) is 34.7 Å². The van der Waals surface area contributed by atoms with Crippen molar-refractivity contribution in [2.24, 2.45) is 5.92 Å². The van der Waals surface area contributed by atoms with Gasteiger partial charge in [-0.3, -0.25) is 9.36 Å². The summed E-state index contributed by atoms with van der Waals surface area (Å²) in [5, 5.41) is 5.53. The first-order valence-electron chi connectivity index (χ1n) is 8.26. The van der Waals surface area contributed by atoms with Gasteiger partial charge in [0, 0.05) is 22.6 Å². The summed E-state index contributed by atoms with van der Waals surface area (Å²) in [4.78, 5) is 18.8. The summed E-state index contributed by atoms with van der Waals surface area (Å²) in [6.07, 6.45) is 1.54. The number of carbonyl (C=O) groups excluding carboxylic acids is 1. The molecule has 24 heavy (non-hydrogen) atoms. The fourth-order valence-corrected chi connectivity index (χ4v) is 4.76. The third kappa shape index (κ3) is 1.91. The standard InChI is InChI=1S/C19H17N3OS/c1-11-9-13-17(15(23)10-11)18(16-7-4-8-24-16)22-14-6-3-2-5-12(14)20-19(22)21-13/h2-8,11,18H,9-10H2,1H3,(H,20,21)/t11-,18-/m0/s1. The smallest absolute Gasteiger partial charge is 0.209 e. The number of Topliss-reactive ketones (excluding diaryl/α,β-unsaturated/α-hetero) is 1. The summed E-state index contributed by atoms with van der Waals surface area (Å²) in [6, 6.07) is 12.2. The van der Waals surface area contributed by atoms with E-state index >= 15 is 0 Å². The average Bonchev–Trinajstić information content (AvgIpc) is 3.20. The second-order valence-electron chi connectivity index (χ2n) is 6.67. The molecule has 0 spiro atoms. The molecule has 3 aromatic rings. The molecule has 0 unspecified atom stereocenters. The zero-order valence-corrected chi connectivity index (χ0v) is 14.1. The van der Waals surface area contributed by atoms with E-state index in [0.29, 0.717) is 12.3 Å². The van der Waals surface area contributed by atoms with Crippen LogP contribution < -0.4 is 5.32 Å². The van der Waals surface area contributed by atoms with Crippen LogP contribution in [0.4, 0.5) is 5.95 Å². The van der Waals surface area contributed by atoms with Gasteiger partial charge in [-0.05, 0) is 35.9 Å². The van der Waals surface area contributed by atoms with Crippen molar-refractivity contribution in [3.63, 3.8) is 0 Å². The van der Waals surface area contributed by atoms with E-state index in [2.05, 4.69) is 40.4 Å². The SMILES string of the molecule is C[C@@H]1CC(=O)C2=C(C1)Nc1nc3ccccc3n1[C@H]2c1cccs1. The van der Waals surface area contributed by atoms with Crippen LogP contribution in [0.2, 0.25) is 0 Å². The lowest BCUT2D eigenvalue weighted by atomic mass is 9.82. The van der Waals surface area contributed by atoms with Crippen LogP contribution in [0.1, 0.15) is 30.7 Å². The molecule has 1 aromatic carbocycles. The highest BCUT2D eigenvalue weighted by Crippen LogP contribution is 2.44. The van der Waals surface area contributed by atoms with Gasteiger partial charge >= 0.3 is 0 Å². The Morgan fingerprint density at radius 2 is 2.08 bits per heavy atom. The third-order valence-corrected chi connectivity index (χ3v) is 5.84. The Hall–Kier alpha value is -2.40. The quantitative estimate of drug-likeness (QED) is 0.718. The lowest BCUT2D eigenvalue weighted by Crippen LogP contribution is -2.32. The fraction of sp³-hybridized carbons (Fsp3) is 0.263. The first kappa shape index (κ1) is 14.0. The summed E-state index contributed by atoms with van der Waals surface area (Å²) in [5.41, 5.74) is 4.00. The van der Waals surface area contributed by atoms with E-state index < -0.39 is 0 Å². The van der Waals surface area contributed by atoms with Gasteiger partial charge in [-0.1, -0.05) is 25.1 Å². The van der Waals surface area contributed by atoms with E-state index in [4.69, 9.17) is 4.98 Å². The van der Waals surface area contributed by atoms with Crippen molar-refractivity contribution in [1.82, 2.24) is 9.55 Å². The molecule has 0 saturated heterocycles. The molecule has 0 bridgehead atoms. The molecule has 5 heteroatoms. The lowest BCUT2D eigenvalue weighted by molar-refractivity contribution is -0.117. The minimum atomic E-state index is -0.0661. The van der Waals surface area contributed by atoms with Crippen LogP contribution in [0.5, 0.6) is 0 Å². The molecule has 1 aliphatic carbocycles. The van der Waals surface area contributed by atoms with Crippen LogP contribution in [0, 0.1) is 5.92 Å². The Morgan fingerprint density at radius 1 is 1.21 bits per heavy atom. The van der Waals surface area contributed by atoms with Crippen LogP contribution in [-0.2, 0) is 4.79 Å². The lowest BCUT2D eigenvalue weighted by Gasteiger charge is -2.34. The van der Waals surface area contributed by atoms with E-state index in [1.165, 1.54) is 4.88 Å². The van der Waals surface area contributed by atoms with Crippen molar-refractivity contribution in [1.29, 1.82) is 0 Å². The monoisotopic (exact) mass is 335 g/mol. The molecular weight excluding hydrogens is 318 g/mol. The van der Waals surface area contributed by atoms with Crippen LogP contribution in [0.25, 0.3) is 11.0 Å². The number of nitrogens with zero attached hydrogens (tertiary/aromatic N) is 2. The Bertz CT molecular complexity index is 983. The molecule has 2 aliphatic rings. The number of fused-ring (bicyclic) bond motifs is 3. The number of carbonyl (C=O) groups is 1. The molecule has 5 rings (SSSR count). The highest BCUT2D eigenvalue weighted by atomic mass is 32.1. The van der Waals surface area contributed by atoms with Crippen molar-refractivity contribution >= 4 is 34.1 Å². The van der Waals surface area contributed by atoms with Gasteiger partial charge in [0.05, 0.1) is 11.0 Å². The number of nitrogens with one attached hydrogen (secondary N) is 1. The van der Waals surface area contributed by atoms with Gasteiger partial charge in [-0.2, -0.15) is 0 Å². The first-order chi connectivity index (χ1) is 11.7. The number of benzene rings is 1. The van der Waals surface area contributed by atoms with Gasteiger partial charge in [0.15, 0.2) is 5.78 Å². The van der Waals surface area contributed by atoms with Crippen LogP contribution in [-0.4, -0.2) is 15.3 Å². The van der Waals surface area contributed by atoms with Crippen molar-refractivity contribution < 1.29 is 4.79 Å². The number of thiophene rings is 1. The number of hydrogen-bond acceptors (Lipinski definition) is 4. The molecule has 0 radical (unpaired) electrons. The molecule has 4 nitrogen and oxygen atoms in total. The number of para-hydroxylation sites is 2. The molecule has 1 aliphatic heterocycles. The third-order valence-electron chi connectivity index (χ3n) is 4.91. The van der Waals surface area contributed by atoms with Gasteiger partial charge in [-0.15, -0.1) is 11.3 Å². The zero-order chi connectivity index (χ0) is 16.3. The molecule has 3 heterocycles. The molecular formula is C19H17N3OS. The highest BCUT2D eigenvalue weighted by Gasteiger charge is 2.38. The average molecular weight is 335 g/mol. The number of hydrogen-bond donors (Lipinski definition) is 1. The first-order valence-corrected chi connectivity index (χ1v) is 9.14. The molecule has 0 saturated carbocycles. The van der Waals surface area contributed by atoms with E-state index in [-0.39, 0.29) is 11.8 Å². The summed E-state index contributed by atoms with van der Waals surface area (Å²) >= 11 is 1.70. The topological polar surface area (TPSA) is 46.9 Å². The zero-order valence-electron chi connectivity index (χ0n) is 13.3. The Labute approximate surface area is 143 Å². The second-order valence-corrected chi connectivity index (χ2v) is 7.65. The van der Waals surface area contributed by atoms with Gasteiger partial charge in [0.1, 0.15) is 6.04 Å². The predicted molar refractivity (Wildman–Crippen MR) is 96.2 cm³/mol. The minimum Gasteiger partial charge on any atom is -0.329 e.